The van der Waals surface area contributed by atoms with Crippen LogP contribution in [0.4, 0.5) is 11.6 Å². The minimum atomic E-state index is -0.173. The van der Waals surface area contributed by atoms with Crippen molar-refractivity contribution in [3.8, 4) is 0 Å². The van der Waals surface area contributed by atoms with Gasteiger partial charge in [-0.1, -0.05) is 11.8 Å². The van der Waals surface area contributed by atoms with Crippen LogP contribution in [-0.4, -0.2) is 26.6 Å². The van der Waals surface area contributed by atoms with Crippen LogP contribution in [0, 0.1) is 6.92 Å². The van der Waals surface area contributed by atoms with E-state index in [-0.39, 0.29) is 11.7 Å². The number of thioether (sulfide) groups is 1. The van der Waals surface area contributed by atoms with Gasteiger partial charge in [0, 0.05) is 22.4 Å². The van der Waals surface area contributed by atoms with Gasteiger partial charge in [-0.25, -0.2) is 15.0 Å². The number of nitrogens with zero attached hydrogens (tertiary/aromatic N) is 3. The fourth-order valence-electron chi connectivity index (χ4n) is 1.39. The number of anilines is 2. The van der Waals surface area contributed by atoms with E-state index in [9.17, 15) is 4.79 Å². The number of carbonyl (C=O) groups is 1. The van der Waals surface area contributed by atoms with Crippen molar-refractivity contribution in [1.29, 1.82) is 0 Å². The Balaban J connectivity index is 1.90. The summed E-state index contributed by atoms with van der Waals surface area (Å²) in [6.45, 7) is 1.83. The zero-order chi connectivity index (χ0) is 14.5. The minimum absolute atomic E-state index is 0.173. The van der Waals surface area contributed by atoms with Gasteiger partial charge in [0.05, 0.1) is 5.75 Å². The number of nitrogens with one attached hydrogen (secondary N) is 1. The van der Waals surface area contributed by atoms with Crippen LogP contribution >= 0.6 is 27.7 Å². The van der Waals surface area contributed by atoms with Crippen LogP contribution < -0.4 is 11.1 Å². The molecule has 0 saturated heterocycles. The lowest BCUT2D eigenvalue weighted by Crippen LogP contribution is -2.15. The normalized spacial score (nSPS) is 10.3. The van der Waals surface area contributed by atoms with Gasteiger partial charge in [0.2, 0.25) is 5.91 Å². The predicted molar refractivity (Wildman–Crippen MR) is 82.5 cm³/mol. The first-order valence-corrected chi connectivity index (χ1v) is 7.46. The third kappa shape index (κ3) is 4.46. The monoisotopic (exact) mass is 353 g/mol. The Bertz CT molecular complexity index is 599. The van der Waals surface area contributed by atoms with E-state index in [1.54, 1.807) is 24.4 Å². The smallest absolute Gasteiger partial charge is 0.236 e. The highest BCUT2D eigenvalue weighted by molar-refractivity contribution is 9.10. The Hall–Kier alpha value is -1.67. The SMILES string of the molecule is Cc1cc(N)nc(SCC(=O)Nc2ccc(Br)cn2)n1. The Morgan fingerprint density at radius 3 is 2.90 bits per heavy atom. The van der Waals surface area contributed by atoms with Gasteiger partial charge in [-0.05, 0) is 35.0 Å². The summed E-state index contributed by atoms with van der Waals surface area (Å²) in [7, 11) is 0. The lowest BCUT2D eigenvalue weighted by Gasteiger charge is -2.04. The molecule has 20 heavy (non-hydrogen) atoms. The van der Waals surface area contributed by atoms with Crippen LogP contribution in [0.15, 0.2) is 34.0 Å². The molecule has 2 aromatic rings. The third-order valence-corrected chi connectivity index (χ3v) is 3.50. The molecule has 0 aliphatic rings. The highest BCUT2D eigenvalue weighted by Crippen LogP contribution is 2.16. The molecule has 0 aromatic carbocycles. The molecule has 0 fully saturated rings. The number of hydrogen-bond donors (Lipinski definition) is 2. The van der Waals surface area contributed by atoms with Gasteiger partial charge in [0.25, 0.3) is 0 Å². The summed E-state index contributed by atoms with van der Waals surface area (Å²) in [6.07, 6.45) is 1.62. The van der Waals surface area contributed by atoms with Crippen molar-refractivity contribution in [1.82, 2.24) is 15.0 Å². The lowest BCUT2D eigenvalue weighted by molar-refractivity contribution is -0.113. The lowest BCUT2D eigenvalue weighted by atomic mass is 10.4. The first-order valence-electron chi connectivity index (χ1n) is 5.68. The highest BCUT2D eigenvalue weighted by Gasteiger charge is 2.07. The van der Waals surface area contributed by atoms with Crippen LogP contribution in [0.3, 0.4) is 0 Å². The van der Waals surface area contributed by atoms with E-state index in [0.29, 0.717) is 16.8 Å². The minimum Gasteiger partial charge on any atom is -0.384 e. The molecular formula is C12H12BrN5OS. The maximum atomic E-state index is 11.8. The van der Waals surface area contributed by atoms with Gasteiger partial charge < -0.3 is 11.1 Å². The summed E-state index contributed by atoms with van der Waals surface area (Å²) >= 11 is 4.51. The number of carbonyl (C=O) groups excluding carboxylic acids is 1. The molecule has 2 heterocycles. The molecule has 0 aliphatic heterocycles. The van der Waals surface area contributed by atoms with Gasteiger partial charge in [-0.2, -0.15) is 0 Å². The Morgan fingerprint density at radius 2 is 2.25 bits per heavy atom. The molecule has 3 N–H and O–H groups in total. The molecular weight excluding hydrogens is 342 g/mol. The predicted octanol–water partition coefficient (Wildman–Crippen LogP) is 2.26. The first kappa shape index (κ1) is 14.7. The molecule has 104 valence electrons. The van der Waals surface area contributed by atoms with Crippen LogP contribution in [-0.2, 0) is 4.79 Å². The number of amides is 1. The summed E-state index contributed by atoms with van der Waals surface area (Å²) in [6, 6.07) is 5.20. The van der Waals surface area contributed by atoms with E-state index < -0.39 is 0 Å². The Labute approximate surface area is 128 Å². The number of halogens is 1. The second-order valence-corrected chi connectivity index (χ2v) is 5.77. The number of nitrogen functional groups attached to an aromatic ring is 1. The molecule has 0 bridgehead atoms. The number of aromatic nitrogens is 3. The highest BCUT2D eigenvalue weighted by atomic mass is 79.9. The molecule has 6 nitrogen and oxygen atoms in total. The van der Waals surface area contributed by atoms with Crippen molar-refractivity contribution in [3.05, 3.63) is 34.6 Å². The molecule has 1 amide bonds. The Morgan fingerprint density at radius 1 is 1.45 bits per heavy atom. The van der Waals surface area contributed by atoms with Gasteiger partial charge >= 0.3 is 0 Å². The zero-order valence-electron chi connectivity index (χ0n) is 10.6. The zero-order valence-corrected chi connectivity index (χ0v) is 13.0. The molecule has 0 atom stereocenters. The van der Waals surface area contributed by atoms with Crippen molar-refractivity contribution in [2.45, 2.75) is 12.1 Å². The molecule has 0 spiro atoms. The van der Waals surface area contributed by atoms with Gasteiger partial charge in [0.1, 0.15) is 11.6 Å². The second kappa shape index (κ2) is 6.67. The fraction of sp³-hybridized carbons (Fsp3) is 0.167. The first-order chi connectivity index (χ1) is 9.52. The molecule has 0 saturated carbocycles. The summed E-state index contributed by atoms with van der Waals surface area (Å²) in [5.74, 6) is 0.924. The summed E-state index contributed by atoms with van der Waals surface area (Å²) in [5, 5.41) is 3.18. The molecule has 0 unspecified atom stereocenters. The van der Waals surface area contributed by atoms with E-state index in [1.807, 2.05) is 6.92 Å². The van der Waals surface area contributed by atoms with Gasteiger partial charge in [0.15, 0.2) is 5.16 Å². The number of nitrogens with two attached hydrogens (primary N) is 1. The van der Waals surface area contributed by atoms with Crippen LogP contribution in [0.25, 0.3) is 0 Å². The molecule has 8 heteroatoms. The molecule has 2 rings (SSSR count). The third-order valence-electron chi connectivity index (χ3n) is 2.18. The van der Waals surface area contributed by atoms with Crippen molar-refractivity contribution >= 4 is 45.2 Å². The second-order valence-electron chi connectivity index (χ2n) is 3.92. The van der Waals surface area contributed by atoms with Crippen LogP contribution in [0.5, 0.6) is 0 Å². The van der Waals surface area contributed by atoms with Crippen molar-refractivity contribution < 1.29 is 4.79 Å². The molecule has 2 aromatic heterocycles. The standard InChI is InChI=1S/C12H12BrN5OS/c1-7-4-9(14)17-12(16-7)20-6-11(19)18-10-3-2-8(13)5-15-10/h2-5H,6H2,1H3,(H2,14,16,17)(H,15,18,19). The fourth-order valence-corrected chi connectivity index (χ4v) is 2.33. The van der Waals surface area contributed by atoms with Crippen molar-refractivity contribution in [2.75, 3.05) is 16.8 Å². The van der Waals surface area contributed by atoms with E-state index in [0.717, 1.165) is 10.2 Å². The van der Waals surface area contributed by atoms with E-state index in [2.05, 4.69) is 36.2 Å². The number of hydrogen-bond acceptors (Lipinski definition) is 6. The average Bonchev–Trinajstić information content (AvgIpc) is 2.38. The summed E-state index contributed by atoms with van der Waals surface area (Å²) in [4.78, 5) is 24.1. The largest absolute Gasteiger partial charge is 0.384 e. The van der Waals surface area contributed by atoms with Gasteiger partial charge in [-0.3, -0.25) is 4.79 Å². The molecule has 0 radical (unpaired) electrons. The number of aryl methyl sites for hydroxylation is 1. The van der Waals surface area contributed by atoms with Gasteiger partial charge in [-0.15, -0.1) is 0 Å². The number of rotatable bonds is 4. The van der Waals surface area contributed by atoms with E-state index >= 15 is 0 Å². The topological polar surface area (TPSA) is 93.8 Å². The van der Waals surface area contributed by atoms with E-state index in [1.165, 1.54) is 11.8 Å². The van der Waals surface area contributed by atoms with Crippen molar-refractivity contribution in [2.24, 2.45) is 0 Å². The van der Waals surface area contributed by atoms with Crippen LogP contribution in [0.1, 0.15) is 5.69 Å². The van der Waals surface area contributed by atoms with Crippen LogP contribution in [0.2, 0.25) is 0 Å². The van der Waals surface area contributed by atoms with Crippen molar-refractivity contribution in [3.63, 3.8) is 0 Å². The maximum absolute atomic E-state index is 11.8. The quantitative estimate of drug-likeness (QED) is 0.646. The van der Waals surface area contributed by atoms with E-state index in [4.69, 9.17) is 5.73 Å². The maximum Gasteiger partial charge on any atom is 0.236 e. The molecule has 0 aliphatic carbocycles. The average molecular weight is 354 g/mol. The number of pyridine rings is 1. The summed E-state index contributed by atoms with van der Waals surface area (Å²) in [5.41, 5.74) is 6.40. The Kier molecular flexibility index (Phi) is 4.91. The summed E-state index contributed by atoms with van der Waals surface area (Å²) < 4.78 is 0.855.